The van der Waals surface area contributed by atoms with Gasteiger partial charge in [0.2, 0.25) is 0 Å². The van der Waals surface area contributed by atoms with Crippen molar-refractivity contribution in [3.05, 3.63) is 6.92 Å². The third-order valence-electron chi connectivity index (χ3n) is 3.14. The second-order valence-electron chi connectivity index (χ2n) is 4.02. The first-order chi connectivity index (χ1) is 4.77. The predicted molar refractivity (Wildman–Crippen MR) is 42.5 cm³/mol. The highest BCUT2D eigenvalue weighted by Crippen LogP contribution is 2.40. The van der Waals surface area contributed by atoms with Gasteiger partial charge in [-0.3, -0.25) is 0 Å². The van der Waals surface area contributed by atoms with E-state index in [4.69, 9.17) is 0 Å². The summed E-state index contributed by atoms with van der Waals surface area (Å²) in [5, 5.41) is 3.43. The van der Waals surface area contributed by atoms with E-state index in [1.807, 2.05) is 0 Å². The average molecular weight is 138 g/mol. The molecule has 0 aromatic heterocycles. The van der Waals surface area contributed by atoms with Crippen LogP contribution in [0.5, 0.6) is 0 Å². The number of hydrogen-bond acceptors (Lipinski definition) is 1. The van der Waals surface area contributed by atoms with Gasteiger partial charge in [-0.25, -0.2) is 0 Å². The highest BCUT2D eigenvalue weighted by Gasteiger charge is 2.39. The lowest BCUT2D eigenvalue weighted by molar-refractivity contribution is 0.449. The molecule has 0 amide bonds. The van der Waals surface area contributed by atoms with Crippen LogP contribution in [0.25, 0.3) is 0 Å². The van der Waals surface area contributed by atoms with Crippen LogP contribution in [-0.2, 0) is 0 Å². The lowest BCUT2D eigenvalue weighted by atomic mass is 9.95. The van der Waals surface area contributed by atoms with Crippen LogP contribution in [0.15, 0.2) is 0 Å². The molecule has 0 aromatic carbocycles. The van der Waals surface area contributed by atoms with Gasteiger partial charge < -0.3 is 5.32 Å². The molecule has 1 heterocycles. The lowest BCUT2D eigenvalue weighted by Gasteiger charge is -2.11. The third kappa shape index (κ3) is 0.878. The Morgan fingerprint density at radius 1 is 1.40 bits per heavy atom. The van der Waals surface area contributed by atoms with Crippen molar-refractivity contribution in [2.45, 2.75) is 25.8 Å². The number of hydrogen-bond donors (Lipinski definition) is 1. The van der Waals surface area contributed by atoms with Gasteiger partial charge in [0.1, 0.15) is 0 Å². The first-order valence-corrected chi connectivity index (χ1v) is 4.34. The van der Waals surface area contributed by atoms with Crippen molar-refractivity contribution in [3.8, 4) is 0 Å². The Hall–Kier alpha value is -0.0400. The molecule has 1 heteroatoms. The van der Waals surface area contributed by atoms with Gasteiger partial charge in [-0.05, 0) is 44.1 Å². The highest BCUT2D eigenvalue weighted by molar-refractivity contribution is 4.96. The molecule has 1 saturated heterocycles. The van der Waals surface area contributed by atoms with E-state index in [0.717, 1.165) is 17.8 Å². The minimum atomic E-state index is 0.551. The van der Waals surface area contributed by atoms with E-state index in [-0.39, 0.29) is 0 Å². The fraction of sp³-hybridized carbons (Fsp3) is 0.889. The molecule has 10 heavy (non-hydrogen) atoms. The summed E-state index contributed by atoms with van der Waals surface area (Å²) in [6, 6.07) is 0.551. The van der Waals surface area contributed by atoms with E-state index >= 15 is 0 Å². The van der Waals surface area contributed by atoms with Crippen LogP contribution < -0.4 is 5.32 Å². The largest absolute Gasteiger partial charge is 0.313 e. The van der Waals surface area contributed by atoms with E-state index in [1.165, 1.54) is 19.4 Å². The fourth-order valence-electron chi connectivity index (χ4n) is 2.63. The van der Waals surface area contributed by atoms with E-state index in [2.05, 4.69) is 19.2 Å². The van der Waals surface area contributed by atoms with E-state index < -0.39 is 0 Å². The zero-order valence-corrected chi connectivity index (χ0v) is 6.64. The SMILES string of the molecule is [CH2][C@@H]1NCC2CC(C)C[C@@H]21. The van der Waals surface area contributed by atoms with Crippen LogP contribution >= 0.6 is 0 Å². The lowest BCUT2D eigenvalue weighted by Crippen LogP contribution is -2.23. The Morgan fingerprint density at radius 3 is 2.90 bits per heavy atom. The van der Waals surface area contributed by atoms with Crippen LogP contribution in [0.3, 0.4) is 0 Å². The maximum atomic E-state index is 4.10. The van der Waals surface area contributed by atoms with Crippen LogP contribution in [0.4, 0.5) is 0 Å². The number of rotatable bonds is 0. The monoisotopic (exact) mass is 138 g/mol. The Morgan fingerprint density at radius 2 is 2.20 bits per heavy atom. The summed E-state index contributed by atoms with van der Waals surface area (Å²) in [6.07, 6.45) is 2.84. The van der Waals surface area contributed by atoms with E-state index in [9.17, 15) is 0 Å². The zero-order valence-electron chi connectivity index (χ0n) is 6.64. The van der Waals surface area contributed by atoms with Crippen molar-refractivity contribution in [2.75, 3.05) is 6.54 Å². The van der Waals surface area contributed by atoms with Crippen LogP contribution in [0, 0.1) is 24.7 Å². The first-order valence-electron chi connectivity index (χ1n) is 4.34. The molecular formula is C9H16N. The molecule has 2 fully saturated rings. The quantitative estimate of drug-likeness (QED) is 0.534. The molecule has 57 valence electrons. The van der Waals surface area contributed by atoms with Gasteiger partial charge in [0.15, 0.2) is 0 Å². The minimum absolute atomic E-state index is 0.551. The molecule has 0 spiro atoms. The van der Waals surface area contributed by atoms with Crippen LogP contribution in [-0.4, -0.2) is 12.6 Å². The summed E-state index contributed by atoms with van der Waals surface area (Å²) < 4.78 is 0. The Bertz CT molecular complexity index is 133. The smallest absolute Gasteiger partial charge is 0.00992 e. The molecule has 4 atom stereocenters. The maximum absolute atomic E-state index is 4.10. The number of nitrogens with one attached hydrogen (secondary N) is 1. The zero-order chi connectivity index (χ0) is 7.14. The molecule has 1 nitrogen and oxygen atoms in total. The van der Waals surface area contributed by atoms with Crippen molar-refractivity contribution >= 4 is 0 Å². The Labute approximate surface area is 63.2 Å². The Kier molecular flexibility index (Phi) is 1.48. The van der Waals surface area contributed by atoms with Crippen molar-refractivity contribution < 1.29 is 0 Å². The molecule has 0 bridgehead atoms. The highest BCUT2D eigenvalue weighted by atomic mass is 15.0. The molecule has 1 radical (unpaired) electrons. The molecule has 1 N–H and O–H groups in total. The second-order valence-corrected chi connectivity index (χ2v) is 4.02. The normalized spacial score (nSPS) is 53.4. The predicted octanol–water partition coefficient (Wildman–Crippen LogP) is 1.45. The molecule has 0 aromatic rings. The van der Waals surface area contributed by atoms with Crippen molar-refractivity contribution in [1.82, 2.24) is 5.32 Å². The first kappa shape index (κ1) is 6.66. The molecule has 1 aliphatic carbocycles. The van der Waals surface area contributed by atoms with Gasteiger partial charge >= 0.3 is 0 Å². The summed E-state index contributed by atoms with van der Waals surface area (Å²) in [4.78, 5) is 0. The minimum Gasteiger partial charge on any atom is -0.313 e. The van der Waals surface area contributed by atoms with Crippen LogP contribution in [0.1, 0.15) is 19.8 Å². The molecule has 1 aliphatic heterocycles. The average Bonchev–Trinajstić information content (AvgIpc) is 2.35. The molecule has 2 rings (SSSR count). The summed E-state index contributed by atoms with van der Waals surface area (Å²) in [5.41, 5.74) is 0. The van der Waals surface area contributed by atoms with E-state index in [0.29, 0.717) is 6.04 Å². The van der Waals surface area contributed by atoms with Crippen LogP contribution in [0.2, 0.25) is 0 Å². The third-order valence-corrected chi connectivity index (χ3v) is 3.14. The molecule has 1 saturated carbocycles. The summed E-state index contributed by atoms with van der Waals surface area (Å²) in [7, 11) is 0. The fourth-order valence-corrected chi connectivity index (χ4v) is 2.63. The van der Waals surface area contributed by atoms with Crippen molar-refractivity contribution in [1.29, 1.82) is 0 Å². The summed E-state index contributed by atoms with van der Waals surface area (Å²) in [5.74, 6) is 2.81. The van der Waals surface area contributed by atoms with Gasteiger partial charge in [0.05, 0.1) is 0 Å². The molecular weight excluding hydrogens is 122 g/mol. The van der Waals surface area contributed by atoms with Gasteiger partial charge in [-0.15, -0.1) is 0 Å². The van der Waals surface area contributed by atoms with Gasteiger partial charge in [-0.1, -0.05) is 6.92 Å². The standard InChI is InChI=1S/C9H16N/c1-6-3-8-5-10-7(2)9(8)4-6/h6-10H,2-5H2,1H3/t6?,7-,8?,9+/m0/s1. The Balaban J connectivity index is 2.05. The van der Waals surface area contributed by atoms with Crippen molar-refractivity contribution in [3.63, 3.8) is 0 Å². The second kappa shape index (κ2) is 2.23. The van der Waals surface area contributed by atoms with E-state index in [1.54, 1.807) is 0 Å². The molecule has 2 unspecified atom stereocenters. The van der Waals surface area contributed by atoms with Crippen molar-refractivity contribution in [2.24, 2.45) is 17.8 Å². The molecule has 2 aliphatic rings. The summed E-state index contributed by atoms with van der Waals surface area (Å²) >= 11 is 0. The number of fused-ring (bicyclic) bond motifs is 1. The van der Waals surface area contributed by atoms with Gasteiger partial charge in [0.25, 0.3) is 0 Å². The topological polar surface area (TPSA) is 12.0 Å². The van der Waals surface area contributed by atoms with Gasteiger partial charge in [-0.2, -0.15) is 0 Å². The summed E-state index contributed by atoms with van der Waals surface area (Å²) in [6.45, 7) is 7.70. The van der Waals surface area contributed by atoms with Gasteiger partial charge in [0, 0.05) is 6.04 Å². The maximum Gasteiger partial charge on any atom is 0.00992 e.